The SMILES string of the molecule is C=C[CH]NC(Cl)C=C. The van der Waals surface area contributed by atoms with E-state index in [1.54, 1.807) is 18.7 Å². The predicted molar refractivity (Wildman–Crippen MR) is 37.5 cm³/mol. The van der Waals surface area contributed by atoms with E-state index in [1.807, 2.05) is 0 Å². The van der Waals surface area contributed by atoms with Crippen molar-refractivity contribution in [1.29, 1.82) is 0 Å². The summed E-state index contributed by atoms with van der Waals surface area (Å²) in [4.78, 5) is 0. The lowest BCUT2D eigenvalue weighted by atomic mass is 10.5. The van der Waals surface area contributed by atoms with Crippen LogP contribution in [0.1, 0.15) is 0 Å². The molecule has 0 aliphatic rings. The van der Waals surface area contributed by atoms with Gasteiger partial charge < -0.3 is 0 Å². The molecule has 2 heteroatoms. The molecule has 0 heterocycles. The lowest BCUT2D eigenvalue weighted by molar-refractivity contribution is 0.869. The molecule has 0 bridgehead atoms. The van der Waals surface area contributed by atoms with Crippen LogP contribution in [0.2, 0.25) is 0 Å². The predicted octanol–water partition coefficient (Wildman–Crippen LogP) is 1.67. The second-order valence-corrected chi connectivity index (χ2v) is 1.68. The molecule has 1 unspecified atom stereocenters. The van der Waals surface area contributed by atoms with Crippen LogP contribution in [-0.2, 0) is 0 Å². The molecule has 0 saturated carbocycles. The minimum Gasteiger partial charge on any atom is -0.290 e. The molecule has 1 atom stereocenters. The van der Waals surface area contributed by atoms with Crippen molar-refractivity contribution in [2.24, 2.45) is 0 Å². The summed E-state index contributed by atoms with van der Waals surface area (Å²) in [5.41, 5.74) is -0.187. The zero-order chi connectivity index (χ0) is 6.41. The van der Waals surface area contributed by atoms with Gasteiger partial charge >= 0.3 is 0 Å². The first-order valence-electron chi connectivity index (χ1n) is 2.28. The first-order valence-corrected chi connectivity index (χ1v) is 2.72. The average Bonchev–Trinajstić information content (AvgIpc) is 1.83. The monoisotopic (exact) mass is 130 g/mol. The van der Waals surface area contributed by atoms with Gasteiger partial charge in [-0.25, -0.2) is 0 Å². The third-order valence-corrected chi connectivity index (χ3v) is 0.884. The van der Waals surface area contributed by atoms with Gasteiger partial charge in [0.1, 0.15) is 5.50 Å². The van der Waals surface area contributed by atoms with Gasteiger partial charge in [0.05, 0.1) is 0 Å². The normalized spacial score (nSPS) is 12.6. The van der Waals surface area contributed by atoms with Crippen LogP contribution in [0, 0.1) is 6.54 Å². The second kappa shape index (κ2) is 4.88. The molecule has 0 aliphatic heterocycles. The van der Waals surface area contributed by atoms with Crippen molar-refractivity contribution in [2.75, 3.05) is 0 Å². The van der Waals surface area contributed by atoms with Gasteiger partial charge in [0.25, 0.3) is 0 Å². The van der Waals surface area contributed by atoms with Crippen LogP contribution < -0.4 is 5.32 Å². The molecular formula is C6H9ClN. The summed E-state index contributed by atoms with van der Waals surface area (Å²) >= 11 is 5.54. The number of rotatable bonds is 4. The van der Waals surface area contributed by atoms with Crippen molar-refractivity contribution in [3.05, 3.63) is 31.9 Å². The highest BCUT2D eigenvalue weighted by atomic mass is 35.5. The number of hydrogen-bond acceptors (Lipinski definition) is 1. The third kappa shape index (κ3) is 3.90. The number of alkyl halides is 1. The minimum absolute atomic E-state index is 0.187. The van der Waals surface area contributed by atoms with Gasteiger partial charge in [0, 0.05) is 6.54 Å². The first kappa shape index (κ1) is 7.73. The molecule has 0 rings (SSSR count). The molecule has 0 saturated heterocycles. The highest BCUT2D eigenvalue weighted by molar-refractivity contribution is 6.21. The standard InChI is InChI=1S/C6H9ClN/c1-3-5-8-6(7)4-2/h3-6,8H,1-2H2. The maximum Gasteiger partial charge on any atom is 0.101 e. The number of halogens is 1. The third-order valence-electron chi connectivity index (χ3n) is 0.580. The van der Waals surface area contributed by atoms with Gasteiger partial charge in [0.2, 0.25) is 0 Å². The maximum atomic E-state index is 5.54. The van der Waals surface area contributed by atoms with Crippen LogP contribution in [0.15, 0.2) is 25.3 Å². The topological polar surface area (TPSA) is 12.0 Å². The summed E-state index contributed by atoms with van der Waals surface area (Å²) in [6, 6.07) is 0. The lowest BCUT2D eigenvalue weighted by Crippen LogP contribution is -2.16. The summed E-state index contributed by atoms with van der Waals surface area (Å²) in [5, 5.41) is 2.79. The van der Waals surface area contributed by atoms with E-state index in [0.717, 1.165) is 0 Å². The molecule has 0 fully saturated rings. The molecule has 1 radical (unpaired) electrons. The Hall–Kier alpha value is -0.270. The molecule has 0 aromatic heterocycles. The van der Waals surface area contributed by atoms with Gasteiger partial charge in [-0.2, -0.15) is 0 Å². The van der Waals surface area contributed by atoms with Crippen molar-refractivity contribution in [3.63, 3.8) is 0 Å². The van der Waals surface area contributed by atoms with E-state index in [-0.39, 0.29) is 5.50 Å². The summed E-state index contributed by atoms with van der Waals surface area (Å²) in [6.07, 6.45) is 3.22. The summed E-state index contributed by atoms with van der Waals surface area (Å²) < 4.78 is 0. The Balaban J connectivity index is 3.09. The largest absolute Gasteiger partial charge is 0.290 e. The molecule has 0 aromatic carbocycles. The molecule has 0 spiro atoms. The Labute approximate surface area is 55.0 Å². The van der Waals surface area contributed by atoms with E-state index >= 15 is 0 Å². The Bertz CT molecular complexity index is 80.6. The average molecular weight is 131 g/mol. The van der Waals surface area contributed by atoms with E-state index < -0.39 is 0 Å². The van der Waals surface area contributed by atoms with Crippen LogP contribution in [0.25, 0.3) is 0 Å². The zero-order valence-corrected chi connectivity index (χ0v) is 5.36. The van der Waals surface area contributed by atoms with E-state index in [9.17, 15) is 0 Å². The number of hydrogen-bond donors (Lipinski definition) is 1. The van der Waals surface area contributed by atoms with Crippen LogP contribution >= 0.6 is 11.6 Å². The highest BCUT2D eigenvalue weighted by Crippen LogP contribution is 1.90. The Kier molecular flexibility index (Phi) is 4.71. The number of nitrogens with one attached hydrogen (secondary N) is 1. The highest BCUT2D eigenvalue weighted by Gasteiger charge is 1.90. The van der Waals surface area contributed by atoms with E-state index in [2.05, 4.69) is 18.5 Å². The van der Waals surface area contributed by atoms with E-state index in [4.69, 9.17) is 11.6 Å². The molecule has 1 N–H and O–H groups in total. The van der Waals surface area contributed by atoms with Gasteiger partial charge in [-0.15, -0.1) is 24.8 Å². The van der Waals surface area contributed by atoms with E-state index in [1.165, 1.54) is 0 Å². The molecular weight excluding hydrogens is 122 g/mol. The fourth-order valence-electron chi connectivity index (χ4n) is 0.228. The second-order valence-electron chi connectivity index (χ2n) is 1.21. The van der Waals surface area contributed by atoms with Gasteiger partial charge in [-0.1, -0.05) is 12.2 Å². The Morgan fingerprint density at radius 2 is 2.12 bits per heavy atom. The maximum absolute atomic E-state index is 5.54. The molecule has 45 valence electrons. The Morgan fingerprint density at radius 3 is 2.50 bits per heavy atom. The smallest absolute Gasteiger partial charge is 0.101 e. The van der Waals surface area contributed by atoms with Crippen molar-refractivity contribution in [3.8, 4) is 0 Å². The minimum atomic E-state index is -0.187. The first-order chi connectivity index (χ1) is 3.81. The summed E-state index contributed by atoms with van der Waals surface area (Å²) in [5.74, 6) is 0. The molecule has 8 heavy (non-hydrogen) atoms. The Morgan fingerprint density at radius 1 is 1.50 bits per heavy atom. The van der Waals surface area contributed by atoms with E-state index in [0.29, 0.717) is 0 Å². The van der Waals surface area contributed by atoms with Gasteiger partial charge in [-0.05, 0) is 0 Å². The van der Waals surface area contributed by atoms with Crippen LogP contribution in [0.4, 0.5) is 0 Å². The molecule has 0 amide bonds. The van der Waals surface area contributed by atoms with Crippen LogP contribution in [0.3, 0.4) is 0 Å². The van der Waals surface area contributed by atoms with Gasteiger partial charge in [-0.3, -0.25) is 5.32 Å². The van der Waals surface area contributed by atoms with Crippen LogP contribution in [0.5, 0.6) is 0 Å². The lowest BCUT2D eigenvalue weighted by Gasteiger charge is -2.00. The molecule has 0 aromatic rings. The fourth-order valence-corrected chi connectivity index (χ4v) is 0.301. The van der Waals surface area contributed by atoms with Crippen molar-refractivity contribution >= 4 is 11.6 Å². The summed E-state index contributed by atoms with van der Waals surface area (Å²) in [6.45, 7) is 8.59. The fraction of sp³-hybridized carbons (Fsp3) is 0.167. The van der Waals surface area contributed by atoms with Gasteiger partial charge in [0.15, 0.2) is 0 Å². The van der Waals surface area contributed by atoms with Crippen LogP contribution in [-0.4, -0.2) is 5.50 Å². The molecule has 1 nitrogen and oxygen atoms in total. The van der Waals surface area contributed by atoms with Crippen molar-refractivity contribution in [2.45, 2.75) is 5.50 Å². The zero-order valence-electron chi connectivity index (χ0n) is 4.60. The molecule has 0 aliphatic carbocycles. The summed E-state index contributed by atoms with van der Waals surface area (Å²) in [7, 11) is 0. The quantitative estimate of drug-likeness (QED) is 0.347. The van der Waals surface area contributed by atoms with Crippen molar-refractivity contribution < 1.29 is 0 Å². The van der Waals surface area contributed by atoms with Crippen molar-refractivity contribution in [1.82, 2.24) is 5.32 Å².